The van der Waals surface area contributed by atoms with Gasteiger partial charge in [-0.1, -0.05) is 11.6 Å². The maximum Gasteiger partial charge on any atom is 0.411 e. The average molecular weight is 437 g/mol. The molecule has 1 saturated carbocycles. The minimum atomic E-state index is -1.07. The Morgan fingerprint density at radius 3 is 2.43 bits per heavy atom. The van der Waals surface area contributed by atoms with E-state index in [2.05, 4.69) is 14.8 Å². The summed E-state index contributed by atoms with van der Waals surface area (Å²) in [6.45, 7) is 2.21. The molecule has 4 rings (SSSR count). The van der Waals surface area contributed by atoms with E-state index in [0.29, 0.717) is 29.6 Å². The highest BCUT2D eigenvalue weighted by Gasteiger charge is 2.50. The fraction of sp³-hybridized carbons (Fsp3) is 0.667. The fourth-order valence-corrected chi connectivity index (χ4v) is 5.40. The second kappa shape index (κ2) is 8.23. The van der Waals surface area contributed by atoms with Crippen molar-refractivity contribution >= 4 is 35.1 Å². The van der Waals surface area contributed by atoms with Crippen LogP contribution in [-0.2, 0) is 4.79 Å². The highest BCUT2D eigenvalue weighted by molar-refractivity contribution is 6.33. The maximum atomic E-state index is 13.3. The van der Waals surface area contributed by atoms with Gasteiger partial charge >= 0.3 is 6.09 Å². The van der Waals surface area contributed by atoms with E-state index in [-0.39, 0.29) is 23.5 Å². The van der Waals surface area contributed by atoms with Gasteiger partial charge in [-0.05, 0) is 51.0 Å². The van der Waals surface area contributed by atoms with E-state index in [1.165, 1.54) is 13.2 Å². The zero-order valence-corrected chi connectivity index (χ0v) is 18.0. The highest BCUT2D eigenvalue weighted by Crippen LogP contribution is 2.44. The SMILES string of the molecule is CN(C(=O)O)c1cnc(N2CCC3(CC2)CCN(C2CCC(O)CC2)C3=O)c(Cl)c1. The predicted octanol–water partition coefficient (Wildman–Crippen LogP) is 2.97. The van der Waals surface area contributed by atoms with Crippen LogP contribution in [0.15, 0.2) is 12.3 Å². The lowest BCUT2D eigenvalue weighted by atomic mass is 9.77. The van der Waals surface area contributed by atoms with Gasteiger partial charge in [0.15, 0.2) is 0 Å². The molecule has 2 amide bonds. The molecule has 1 aliphatic carbocycles. The van der Waals surface area contributed by atoms with Crippen molar-refractivity contribution in [3.8, 4) is 0 Å². The molecule has 0 bridgehead atoms. The van der Waals surface area contributed by atoms with Crippen LogP contribution in [0.5, 0.6) is 0 Å². The Morgan fingerprint density at radius 2 is 1.83 bits per heavy atom. The molecular formula is C21H29ClN4O4. The molecule has 0 atom stereocenters. The minimum absolute atomic E-state index is 0.213. The van der Waals surface area contributed by atoms with Crippen molar-refractivity contribution in [1.29, 1.82) is 0 Å². The first-order valence-corrected chi connectivity index (χ1v) is 11.0. The Balaban J connectivity index is 1.40. The van der Waals surface area contributed by atoms with Crippen molar-refractivity contribution in [3.05, 3.63) is 17.3 Å². The van der Waals surface area contributed by atoms with E-state index >= 15 is 0 Å². The van der Waals surface area contributed by atoms with E-state index < -0.39 is 6.09 Å². The Bertz CT molecular complexity index is 819. The van der Waals surface area contributed by atoms with Gasteiger partial charge in [-0.3, -0.25) is 9.69 Å². The quantitative estimate of drug-likeness (QED) is 0.756. The highest BCUT2D eigenvalue weighted by atomic mass is 35.5. The fourth-order valence-electron chi connectivity index (χ4n) is 5.12. The summed E-state index contributed by atoms with van der Waals surface area (Å²) < 4.78 is 0. The van der Waals surface area contributed by atoms with Crippen LogP contribution >= 0.6 is 11.6 Å². The Labute approximate surface area is 181 Å². The molecule has 0 aromatic carbocycles. The number of aromatic nitrogens is 1. The Kier molecular flexibility index (Phi) is 5.81. The largest absolute Gasteiger partial charge is 0.465 e. The molecule has 3 aliphatic rings. The van der Waals surface area contributed by atoms with Crippen molar-refractivity contribution in [1.82, 2.24) is 9.88 Å². The molecule has 0 unspecified atom stereocenters. The molecule has 30 heavy (non-hydrogen) atoms. The lowest BCUT2D eigenvalue weighted by Gasteiger charge is -2.40. The number of piperidine rings is 1. The van der Waals surface area contributed by atoms with Crippen LogP contribution in [0.3, 0.4) is 0 Å². The number of amides is 2. The number of nitrogens with zero attached hydrogens (tertiary/aromatic N) is 4. The monoisotopic (exact) mass is 436 g/mol. The lowest BCUT2D eigenvalue weighted by Crippen LogP contribution is -2.47. The van der Waals surface area contributed by atoms with Crippen molar-refractivity contribution in [2.45, 2.75) is 57.1 Å². The molecule has 164 valence electrons. The molecular weight excluding hydrogens is 408 g/mol. The Morgan fingerprint density at radius 1 is 1.20 bits per heavy atom. The number of halogens is 1. The van der Waals surface area contributed by atoms with Gasteiger partial charge in [-0.2, -0.15) is 0 Å². The first-order valence-electron chi connectivity index (χ1n) is 10.7. The molecule has 1 spiro atoms. The first-order chi connectivity index (χ1) is 14.3. The average Bonchev–Trinajstić information content (AvgIpc) is 3.05. The predicted molar refractivity (Wildman–Crippen MR) is 114 cm³/mol. The third-order valence-electron chi connectivity index (χ3n) is 7.15. The second-order valence-electron chi connectivity index (χ2n) is 8.82. The smallest absolute Gasteiger partial charge is 0.411 e. The van der Waals surface area contributed by atoms with Crippen LogP contribution < -0.4 is 9.80 Å². The van der Waals surface area contributed by atoms with Gasteiger partial charge in [0.1, 0.15) is 5.82 Å². The van der Waals surface area contributed by atoms with Gasteiger partial charge in [-0.25, -0.2) is 9.78 Å². The van der Waals surface area contributed by atoms with Gasteiger partial charge in [0, 0.05) is 32.7 Å². The minimum Gasteiger partial charge on any atom is -0.465 e. The number of hydrogen-bond acceptors (Lipinski definition) is 5. The van der Waals surface area contributed by atoms with Gasteiger partial charge in [0.2, 0.25) is 5.91 Å². The number of carbonyl (C=O) groups excluding carboxylic acids is 1. The molecule has 1 aromatic heterocycles. The Hall–Kier alpha value is -2.06. The van der Waals surface area contributed by atoms with Gasteiger partial charge in [0.05, 0.1) is 28.4 Å². The van der Waals surface area contributed by atoms with Gasteiger partial charge in [0.25, 0.3) is 0 Å². The van der Waals surface area contributed by atoms with Crippen LogP contribution in [0.2, 0.25) is 5.02 Å². The first kappa shape index (κ1) is 21.2. The third kappa shape index (κ3) is 3.83. The van der Waals surface area contributed by atoms with Crippen LogP contribution in [0.1, 0.15) is 44.9 Å². The summed E-state index contributed by atoms with van der Waals surface area (Å²) in [6.07, 6.45) is 6.02. The normalized spacial score (nSPS) is 26.3. The number of anilines is 2. The zero-order valence-electron chi connectivity index (χ0n) is 17.3. The topological polar surface area (TPSA) is 97.2 Å². The van der Waals surface area contributed by atoms with Crippen LogP contribution in [0, 0.1) is 5.41 Å². The molecule has 3 fully saturated rings. The standard InChI is InChI=1S/C21H29ClN4O4/c1-24(20(29)30)15-12-17(22)18(23-13-15)25-9-6-21(7-10-25)8-11-26(19(21)28)14-2-4-16(27)5-3-14/h12-14,16,27H,2-11H2,1H3,(H,29,30). The lowest BCUT2D eigenvalue weighted by molar-refractivity contribution is -0.139. The van der Waals surface area contributed by atoms with E-state index in [1.807, 2.05) is 0 Å². The molecule has 1 aromatic rings. The number of carboxylic acid groups (broad SMARTS) is 1. The number of rotatable bonds is 3. The molecule has 2 N–H and O–H groups in total. The van der Waals surface area contributed by atoms with Gasteiger partial charge in [-0.15, -0.1) is 0 Å². The van der Waals surface area contributed by atoms with E-state index in [1.54, 1.807) is 6.07 Å². The second-order valence-corrected chi connectivity index (χ2v) is 9.23. The molecule has 3 heterocycles. The molecule has 2 saturated heterocycles. The summed E-state index contributed by atoms with van der Waals surface area (Å²) in [6, 6.07) is 1.88. The van der Waals surface area contributed by atoms with Crippen molar-refractivity contribution < 1.29 is 19.8 Å². The molecule has 8 nitrogen and oxygen atoms in total. The molecule has 2 aliphatic heterocycles. The van der Waals surface area contributed by atoms with Crippen LogP contribution in [-0.4, -0.2) is 70.9 Å². The summed E-state index contributed by atoms with van der Waals surface area (Å²) in [5.74, 6) is 0.915. The van der Waals surface area contributed by atoms with E-state index in [0.717, 1.165) is 56.4 Å². The maximum absolute atomic E-state index is 13.3. The molecule has 0 radical (unpaired) electrons. The van der Waals surface area contributed by atoms with Crippen LogP contribution in [0.4, 0.5) is 16.3 Å². The number of carbonyl (C=O) groups is 2. The third-order valence-corrected chi connectivity index (χ3v) is 7.43. The van der Waals surface area contributed by atoms with Gasteiger partial charge < -0.3 is 20.0 Å². The van der Waals surface area contributed by atoms with Crippen LogP contribution in [0.25, 0.3) is 0 Å². The summed E-state index contributed by atoms with van der Waals surface area (Å²) in [5, 5.41) is 19.3. The van der Waals surface area contributed by atoms with Crippen molar-refractivity contribution in [3.63, 3.8) is 0 Å². The summed E-state index contributed by atoms with van der Waals surface area (Å²) in [7, 11) is 1.45. The summed E-state index contributed by atoms with van der Waals surface area (Å²) in [5.41, 5.74) is 0.131. The zero-order chi connectivity index (χ0) is 21.5. The van der Waals surface area contributed by atoms with Crippen molar-refractivity contribution in [2.75, 3.05) is 36.5 Å². The van der Waals surface area contributed by atoms with Crippen molar-refractivity contribution in [2.24, 2.45) is 5.41 Å². The number of aliphatic hydroxyl groups excluding tert-OH is 1. The number of hydrogen-bond donors (Lipinski definition) is 2. The number of likely N-dealkylation sites (tertiary alicyclic amines) is 1. The molecule has 9 heteroatoms. The van der Waals surface area contributed by atoms with E-state index in [4.69, 9.17) is 16.7 Å². The summed E-state index contributed by atoms with van der Waals surface area (Å²) in [4.78, 5) is 34.1. The number of pyridine rings is 1. The van der Waals surface area contributed by atoms with E-state index in [9.17, 15) is 14.7 Å². The number of aliphatic hydroxyl groups is 1. The summed E-state index contributed by atoms with van der Waals surface area (Å²) >= 11 is 6.41.